The highest BCUT2D eigenvalue weighted by molar-refractivity contribution is 6.30. The number of carboxylic acid groups (broad SMARTS) is 1. The summed E-state index contributed by atoms with van der Waals surface area (Å²) in [5.41, 5.74) is 1.76. The normalized spacial score (nSPS) is 23.5. The van der Waals surface area contributed by atoms with Crippen LogP contribution in [-0.4, -0.2) is 28.9 Å². The maximum atomic E-state index is 11.8. The molecule has 2 atom stereocenters. The maximum absolute atomic E-state index is 11.8. The van der Waals surface area contributed by atoms with Crippen LogP contribution in [0, 0.1) is 12.8 Å². The molecule has 19 heavy (non-hydrogen) atoms. The molecule has 2 rings (SSSR count). The summed E-state index contributed by atoms with van der Waals surface area (Å²) in [6, 6.07) is 4.92. The second kappa shape index (κ2) is 5.21. The molecule has 102 valence electrons. The van der Waals surface area contributed by atoms with E-state index in [0.29, 0.717) is 11.4 Å². The molecule has 0 aromatic heterocycles. The molecule has 1 aliphatic rings. The van der Waals surface area contributed by atoms with Gasteiger partial charge in [-0.2, -0.15) is 0 Å². The number of nitrogens with zero attached hydrogens (tertiary/aromatic N) is 1. The highest BCUT2D eigenvalue weighted by atomic mass is 35.5. The van der Waals surface area contributed by atoms with Crippen LogP contribution in [0.15, 0.2) is 18.2 Å². The lowest BCUT2D eigenvalue weighted by Gasteiger charge is -2.38. The van der Waals surface area contributed by atoms with E-state index < -0.39 is 17.9 Å². The smallest absolute Gasteiger partial charge is 0.308 e. The number of carbonyl (C=O) groups is 2. The van der Waals surface area contributed by atoms with Gasteiger partial charge >= 0.3 is 5.97 Å². The van der Waals surface area contributed by atoms with Gasteiger partial charge in [0.1, 0.15) is 0 Å². The molecule has 1 amide bonds. The second-order valence-electron chi connectivity index (χ2n) is 4.93. The second-order valence-corrected chi connectivity index (χ2v) is 5.37. The zero-order chi connectivity index (χ0) is 14.2. The number of hydrogen-bond donors (Lipinski definition) is 1. The lowest BCUT2D eigenvalue weighted by Crippen LogP contribution is -2.43. The van der Waals surface area contributed by atoms with Crippen molar-refractivity contribution in [3.05, 3.63) is 34.3 Å². The van der Waals surface area contributed by atoms with Gasteiger partial charge in [-0.3, -0.25) is 9.59 Å². The number of halogens is 1. The number of piperidine rings is 1. The largest absolute Gasteiger partial charge is 0.481 e. The minimum Gasteiger partial charge on any atom is -0.481 e. The van der Waals surface area contributed by atoms with Crippen molar-refractivity contribution in [1.82, 2.24) is 4.90 Å². The Kier molecular flexibility index (Phi) is 3.80. The number of likely N-dealkylation sites (tertiary alicyclic amines) is 1. The van der Waals surface area contributed by atoms with E-state index in [1.165, 1.54) is 0 Å². The first-order valence-corrected chi connectivity index (χ1v) is 6.54. The summed E-state index contributed by atoms with van der Waals surface area (Å²) >= 11 is 5.92. The third kappa shape index (κ3) is 2.59. The van der Waals surface area contributed by atoms with E-state index in [1.807, 2.05) is 13.0 Å². The lowest BCUT2D eigenvalue weighted by molar-refractivity contribution is -0.150. The fourth-order valence-electron chi connectivity index (χ4n) is 2.69. The summed E-state index contributed by atoms with van der Waals surface area (Å²) in [7, 11) is 1.66. The average molecular weight is 282 g/mol. The van der Waals surface area contributed by atoms with E-state index in [-0.39, 0.29) is 12.3 Å². The molecule has 1 aromatic carbocycles. The number of aliphatic carboxylic acids is 1. The van der Waals surface area contributed by atoms with Crippen LogP contribution in [0.25, 0.3) is 0 Å². The molecule has 5 heteroatoms. The first-order valence-electron chi connectivity index (χ1n) is 6.16. The Balaban J connectivity index is 2.46. The fraction of sp³-hybridized carbons (Fsp3) is 0.429. The van der Waals surface area contributed by atoms with Crippen LogP contribution in [0.3, 0.4) is 0 Å². The van der Waals surface area contributed by atoms with Gasteiger partial charge in [0.15, 0.2) is 0 Å². The van der Waals surface area contributed by atoms with E-state index >= 15 is 0 Å². The summed E-state index contributed by atoms with van der Waals surface area (Å²) in [5, 5.41) is 9.96. The van der Waals surface area contributed by atoms with Crippen molar-refractivity contribution in [2.24, 2.45) is 5.92 Å². The minimum absolute atomic E-state index is 0.0168. The van der Waals surface area contributed by atoms with Crippen molar-refractivity contribution < 1.29 is 14.7 Å². The van der Waals surface area contributed by atoms with Gasteiger partial charge in [-0.25, -0.2) is 0 Å². The van der Waals surface area contributed by atoms with Gasteiger partial charge in [-0.05, 0) is 36.6 Å². The Morgan fingerprint density at radius 2 is 2.16 bits per heavy atom. The maximum Gasteiger partial charge on any atom is 0.308 e. The van der Waals surface area contributed by atoms with Gasteiger partial charge in [0.25, 0.3) is 0 Å². The number of benzene rings is 1. The summed E-state index contributed by atoms with van der Waals surface area (Å²) in [4.78, 5) is 24.8. The molecule has 0 radical (unpaired) electrons. The average Bonchev–Trinajstić information content (AvgIpc) is 2.33. The van der Waals surface area contributed by atoms with Gasteiger partial charge in [-0.15, -0.1) is 0 Å². The van der Waals surface area contributed by atoms with E-state index in [9.17, 15) is 14.7 Å². The van der Waals surface area contributed by atoms with Crippen molar-refractivity contribution in [2.45, 2.75) is 25.8 Å². The molecule has 1 heterocycles. The Bertz CT molecular complexity index is 529. The fourth-order valence-corrected chi connectivity index (χ4v) is 2.92. The van der Waals surface area contributed by atoms with Gasteiger partial charge in [0.2, 0.25) is 5.91 Å². The Morgan fingerprint density at radius 1 is 1.47 bits per heavy atom. The SMILES string of the molecule is Cc1cc(Cl)ccc1C1C(C(=O)O)CCC(=O)N1C. The van der Waals surface area contributed by atoms with E-state index in [2.05, 4.69) is 0 Å². The molecule has 0 spiro atoms. The first-order chi connectivity index (χ1) is 8.91. The van der Waals surface area contributed by atoms with Crippen LogP contribution < -0.4 is 0 Å². The molecule has 1 N–H and O–H groups in total. The van der Waals surface area contributed by atoms with Crippen molar-refractivity contribution in [1.29, 1.82) is 0 Å². The summed E-state index contributed by atoms with van der Waals surface area (Å²) < 4.78 is 0. The van der Waals surface area contributed by atoms with Gasteiger partial charge in [0, 0.05) is 18.5 Å². The van der Waals surface area contributed by atoms with E-state index in [1.54, 1.807) is 24.1 Å². The summed E-state index contributed by atoms with van der Waals surface area (Å²) in [6.45, 7) is 1.88. The Morgan fingerprint density at radius 3 is 2.74 bits per heavy atom. The van der Waals surface area contributed by atoms with Crippen molar-refractivity contribution >= 4 is 23.5 Å². The van der Waals surface area contributed by atoms with Gasteiger partial charge < -0.3 is 10.0 Å². The standard InChI is InChI=1S/C14H16ClNO3/c1-8-7-9(15)3-4-10(8)13-11(14(18)19)5-6-12(17)16(13)2/h3-4,7,11,13H,5-6H2,1-2H3,(H,18,19). The Hall–Kier alpha value is -1.55. The van der Waals surface area contributed by atoms with Crippen molar-refractivity contribution in [3.8, 4) is 0 Å². The van der Waals surface area contributed by atoms with Crippen molar-refractivity contribution in [2.75, 3.05) is 7.05 Å². The molecule has 1 aliphatic heterocycles. The predicted octanol–water partition coefficient (Wildman–Crippen LogP) is 2.64. The Labute approximate surface area is 117 Å². The van der Waals surface area contributed by atoms with E-state index in [0.717, 1.165) is 11.1 Å². The van der Waals surface area contributed by atoms with Gasteiger partial charge in [0.05, 0.1) is 12.0 Å². The van der Waals surface area contributed by atoms with Gasteiger partial charge in [-0.1, -0.05) is 17.7 Å². The molecule has 0 bridgehead atoms. The number of carboxylic acids is 1. The third-order valence-corrected chi connectivity index (χ3v) is 3.96. The van der Waals surface area contributed by atoms with Crippen LogP contribution in [0.1, 0.15) is 30.0 Å². The van der Waals surface area contributed by atoms with Crippen LogP contribution >= 0.6 is 11.6 Å². The van der Waals surface area contributed by atoms with Crippen molar-refractivity contribution in [3.63, 3.8) is 0 Å². The summed E-state index contributed by atoms with van der Waals surface area (Å²) in [5.74, 6) is -1.45. The zero-order valence-corrected chi connectivity index (χ0v) is 11.6. The number of carbonyl (C=O) groups excluding carboxylic acids is 1. The van der Waals surface area contributed by atoms with Crippen LogP contribution in [0.5, 0.6) is 0 Å². The third-order valence-electron chi connectivity index (χ3n) is 3.73. The number of hydrogen-bond acceptors (Lipinski definition) is 2. The minimum atomic E-state index is -0.862. The van der Waals surface area contributed by atoms with Crippen LogP contribution in [-0.2, 0) is 9.59 Å². The molecular formula is C14H16ClNO3. The predicted molar refractivity (Wildman–Crippen MR) is 72.1 cm³/mol. The molecule has 1 saturated heterocycles. The first kappa shape index (κ1) is 13.9. The molecule has 1 aromatic rings. The summed E-state index contributed by atoms with van der Waals surface area (Å²) in [6.07, 6.45) is 0.668. The number of amides is 1. The molecule has 4 nitrogen and oxygen atoms in total. The number of rotatable bonds is 2. The van der Waals surface area contributed by atoms with Crippen LogP contribution in [0.2, 0.25) is 5.02 Å². The molecule has 1 fully saturated rings. The monoisotopic (exact) mass is 281 g/mol. The highest BCUT2D eigenvalue weighted by Crippen LogP contribution is 2.37. The number of aryl methyl sites for hydroxylation is 1. The highest BCUT2D eigenvalue weighted by Gasteiger charge is 2.39. The quantitative estimate of drug-likeness (QED) is 0.907. The van der Waals surface area contributed by atoms with E-state index in [4.69, 9.17) is 11.6 Å². The molecule has 0 saturated carbocycles. The lowest BCUT2D eigenvalue weighted by atomic mass is 9.83. The topological polar surface area (TPSA) is 57.6 Å². The van der Waals surface area contributed by atoms with Crippen LogP contribution in [0.4, 0.5) is 0 Å². The molecule has 0 aliphatic carbocycles. The molecule has 2 unspecified atom stereocenters. The molecular weight excluding hydrogens is 266 g/mol. The zero-order valence-electron chi connectivity index (χ0n) is 10.9.